The Morgan fingerprint density at radius 2 is 1.92 bits per heavy atom. The van der Waals surface area contributed by atoms with Crippen LogP contribution in [0, 0.1) is 6.92 Å². The van der Waals surface area contributed by atoms with Crippen molar-refractivity contribution in [1.82, 2.24) is 4.98 Å². The molecule has 0 saturated heterocycles. The van der Waals surface area contributed by atoms with E-state index in [4.69, 9.17) is 14.7 Å². The van der Waals surface area contributed by atoms with Crippen molar-refractivity contribution in [2.75, 3.05) is 7.11 Å². The van der Waals surface area contributed by atoms with Crippen molar-refractivity contribution >= 4 is 17.1 Å². The number of methoxy groups -OCH3 is 1. The van der Waals surface area contributed by atoms with Crippen LogP contribution in [0.4, 0.5) is 0 Å². The molecule has 0 aliphatic carbocycles. The van der Waals surface area contributed by atoms with Gasteiger partial charge in [0.25, 0.3) is 0 Å². The fourth-order valence-corrected chi connectivity index (χ4v) is 2.79. The van der Waals surface area contributed by atoms with Crippen molar-refractivity contribution in [2.45, 2.75) is 20.1 Å². The van der Waals surface area contributed by atoms with E-state index >= 15 is 0 Å². The molecular weight excluding hydrogens is 316 g/mol. The molecule has 2 aromatic carbocycles. The molecule has 25 heavy (non-hydrogen) atoms. The second-order valence-corrected chi connectivity index (χ2v) is 5.70. The summed E-state index contributed by atoms with van der Waals surface area (Å²) in [5.74, 6) is 0.761. The van der Waals surface area contributed by atoms with Gasteiger partial charge in [-0.05, 0) is 36.2 Å². The average molecular weight is 336 g/mol. The lowest BCUT2D eigenvalue weighted by Gasteiger charge is -2.13. The lowest BCUT2D eigenvalue weighted by molar-refractivity contribution is 0.104. The van der Waals surface area contributed by atoms with E-state index in [1.54, 1.807) is 7.11 Å². The molecule has 5 heteroatoms. The van der Waals surface area contributed by atoms with E-state index in [0.29, 0.717) is 13.2 Å². The van der Waals surface area contributed by atoms with Crippen molar-refractivity contribution in [3.63, 3.8) is 0 Å². The number of hydrogen-bond acceptors (Lipinski definition) is 5. The van der Waals surface area contributed by atoms with Gasteiger partial charge < -0.3 is 14.7 Å². The Morgan fingerprint density at radius 1 is 1.12 bits per heavy atom. The largest absolute Gasteiger partial charge is 0.497 e. The molecule has 0 bridgehead atoms. The van der Waals surface area contributed by atoms with Crippen molar-refractivity contribution in [3.8, 4) is 5.75 Å². The standard InChI is InChI=1S/C20H20N2O3/c1-14-17-10-16(24-2)8-9-19(17)22-20(18(14)11-21-23)13-25-12-15-6-4-3-5-7-15/h3-11,23H,12-13H2,1-2H3/b21-11+. The van der Waals surface area contributed by atoms with E-state index in [0.717, 1.165) is 39.0 Å². The zero-order valence-corrected chi connectivity index (χ0v) is 14.3. The number of hydrogen-bond donors (Lipinski definition) is 1. The number of benzene rings is 2. The maximum Gasteiger partial charge on any atom is 0.119 e. The third kappa shape index (κ3) is 3.78. The van der Waals surface area contributed by atoms with E-state index in [9.17, 15) is 0 Å². The molecule has 0 fully saturated rings. The molecule has 1 heterocycles. The molecule has 0 atom stereocenters. The number of fused-ring (bicyclic) bond motifs is 1. The molecule has 0 spiro atoms. The van der Waals surface area contributed by atoms with Gasteiger partial charge in [0.15, 0.2) is 0 Å². The third-order valence-corrected chi connectivity index (χ3v) is 4.12. The van der Waals surface area contributed by atoms with Gasteiger partial charge >= 0.3 is 0 Å². The topological polar surface area (TPSA) is 63.9 Å². The SMILES string of the molecule is COc1ccc2nc(COCc3ccccc3)c(/C=N/O)c(C)c2c1. The molecule has 0 aliphatic heterocycles. The van der Waals surface area contributed by atoms with Crippen molar-refractivity contribution in [1.29, 1.82) is 0 Å². The minimum absolute atomic E-state index is 0.332. The molecule has 0 unspecified atom stereocenters. The first-order chi connectivity index (χ1) is 12.2. The summed E-state index contributed by atoms with van der Waals surface area (Å²) in [4.78, 5) is 4.68. The first-order valence-corrected chi connectivity index (χ1v) is 7.99. The Morgan fingerprint density at radius 3 is 2.64 bits per heavy atom. The molecule has 128 valence electrons. The number of aryl methyl sites for hydroxylation is 1. The van der Waals surface area contributed by atoms with E-state index < -0.39 is 0 Å². The molecule has 3 rings (SSSR count). The summed E-state index contributed by atoms with van der Waals surface area (Å²) in [6, 6.07) is 15.7. The van der Waals surface area contributed by atoms with Crippen LogP contribution in [0.5, 0.6) is 5.75 Å². The summed E-state index contributed by atoms with van der Waals surface area (Å²) in [5, 5.41) is 13.2. The molecule has 0 aliphatic rings. The number of rotatable bonds is 6. The Bertz CT molecular complexity index is 892. The average Bonchev–Trinajstić information content (AvgIpc) is 2.65. The number of ether oxygens (including phenoxy) is 2. The predicted octanol–water partition coefficient (Wildman–Crippen LogP) is 4.08. The quantitative estimate of drug-likeness (QED) is 0.418. The van der Waals surface area contributed by atoms with Gasteiger partial charge in [0.05, 0.1) is 37.7 Å². The third-order valence-electron chi connectivity index (χ3n) is 4.12. The van der Waals surface area contributed by atoms with E-state index in [2.05, 4.69) is 10.1 Å². The number of aromatic nitrogens is 1. The second-order valence-electron chi connectivity index (χ2n) is 5.70. The van der Waals surface area contributed by atoms with Crippen LogP contribution in [0.3, 0.4) is 0 Å². The van der Waals surface area contributed by atoms with Crippen LogP contribution in [0.25, 0.3) is 10.9 Å². The summed E-state index contributed by atoms with van der Waals surface area (Å²) in [5.41, 5.74) is 4.43. The van der Waals surface area contributed by atoms with Gasteiger partial charge in [-0.3, -0.25) is 0 Å². The normalized spacial score (nSPS) is 11.3. The Hall–Kier alpha value is -2.92. The van der Waals surface area contributed by atoms with Crippen LogP contribution >= 0.6 is 0 Å². The first-order valence-electron chi connectivity index (χ1n) is 7.99. The lowest BCUT2D eigenvalue weighted by Crippen LogP contribution is -2.05. The molecule has 1 N–H and O–H groups in total. The highest BCUT2D eigenvalue weighted by Gasteiger charge is 2.12. The predicted molar refractivity (Wildman–Crippen MR) is 97.3 cm³/mol. The second kappa shape index (κ2) is 7.77. The first kappa shape index (κ1) is 16.9. The molecule has 0 radical (unpaired) electrons. The van der Waals surface area contributed by atoms with Crippen LogP contribution in [-0.2, 0) is 18.0 Å². The van der Waals surface area contributed by atoms with Gasteiger partial charge in [-0.25, -0.2) is 4.98 Å². The van der Waals surface area contributed by atoms with Crippen molar-refractivity contribution in [2.24, 2.45) is 5.16 Å². The van der Waals surface area contributed by atoms with Gasteiger partial charge in [-0.1, -0.05) is 35.5 Å². The fourth-order valence-electron chi connectivity index (χ4n) is 2.79. The molecule has 0 amide bonds. The summed E-state index contributed by atoms with van der Waals surface area (Å²) in [6.07, 6.45) is 1.41. The van der Waals surface area contributed by atoms with Crippen molar-refractivity contribution in [3.05, 3.63) is 70.9 Å². The highest BCUT2D eigenvalue weighted by molar-refractivity contribution is 5.93. The van der Waals surface area contributed by atoms with Crippen LogP contribution in [0.15, 0.2) is 53.7 Å². The molecule has 3 aromatic rings. The summed E-state index contributed by atoms with van der Waals surface area (Å²) < 4.78 is 11.1. The van der Waals surface area contributed by atoms with Gasteiger partial charge in [0, 0.05) is 10.9 Å². The number of pyridine rings is 1. The summed E-state index contributed by atoms with van der Waals surface area (Å²) in [6.45, 7) is 2.80. The molecule has 1 aromatic heterocycles. The van der Waals surface area contributed by atoms with Crippen LogP contribution < -0.4 is 4.74 Å². The van der Waals surface area contributed by atoms with Gasteiger partial charge in [-0.2, -0.15) is 0 Å². The van der Waals surface area contributed by atoms with Gasteiger partial charge in [0.2, 0.25) is 0 Å². The number of oxime groups is 1. The van der Waals surface area contributed by atoms with Crippen LogP contribution in [0.1, 0.15) is 22.4 Å². The smallest absolute Gasteiger partial charge is 0.119 e. The lowest BCUT2D eigenvalue weighted by atomic mass is 10.0. The van der Waals surface area contributed by atoms with Gasteiger partial charge in [0.1, 0.15) is 5.75 Å². The Kier molecular flexibility index (Phi) is 5.26. The zero-order chi connectivity index (χ0) is 17.6. The summed E-state index contributed by atoms with van der Waals surface area (Å²) in [7, 11) is 1.63. The highest BCUT2D eigenvalue weighted by atomic mass is 16.5. The van der Waals surface area contributed by atoms with Gasteiger partial charge in [-0.15, -0.1) is 0 Å². The zero-order valence-electron chi connectivity index (χ0n) is 14.3. The van der Waals surface area contributed by atoms with Crippen LogP contribution in [0.2, 0.25) is 0 Å². The van der Waals surface area contributed by atoms with E-state index in [1.807, 2.05) is 55.5 Å². The van der Waals surface area contributed by atoms with Crippen LogP contribution in [-0.4, -0.2) is 23.5 Å². The Labute approximate surface area is 146 Å². The Balaban J connectivity index is 1.91. The molecule has 5 nitrogen and oxygen atoms in total. The number of nitrogens with zero attached hydrogens (tertiary/aromatic N) is 2. The summed E-state index contributed by atoms with van der Waals surface area (Å²) >= 11 is 0. The van der Waals surface area contributed by atoms with E-state index in [1.165, 1.54) is 6.21 Å². The van der Waals surface area contributed by atoms with E-state index in [-0.39, 0.29) is 0 Å². The molecular formula is C20H20N2O3. The fraction of sp³-hybridized carbons (Fsp3) is 0.200. The molecule has 0 saturated carbocycles. The maximum atomic E-state index is 9.02. The monoisotopic (exact) mass is 336 g/mol. The maximum absolute atomic E-state index is 9.02. The minimum Gasteiger partial charge on any atom is -0.497 e. The van der Waals surface area contributed by atoms with Crippen molar-refractivity contribution < 1.29 is 14.7 Å². The highest BCUT2D eigenvalue weighted by Crippen LogP contribution is 2.26. The minimum atomic E-state index is 0.332.